The number of rotatable bonds is 0. The number of allylic oxidation sites excluding steroid dienone is 2. The lowest BCUT2D eigenvalue weighted by Crippen LogP contribution is -1.90. The summed E-state index contributed by atoms with van der Waals surface area (Å²) in [7, 11) is 0. The molecule has 0 saturated heterocycles. The van der Waals surface area contributed by atoms with Crippen LogP contribution in [0.15, 0.2) is 24.3 Å². The summed E-state index contributed by atoms with van der Waals surface area (Å²) in [5.74, 6) is 0. The van der Waals surface area contributed by atoms with Crippen molar-refractivity contribution in [3.63, 3.8) is 0 Å². The van der Waals surface area contributed by atoms with Crippen molar-refractivity contribution in [2.45, 2.75) is 32.6 Å². The van der Waals surface area contributed by atoms with Gasteiger partial charge >= 0.3 is 0 Å². The number of hydrogen-bond donors (Lipinski definition) is 0. The third-order valence-corrected chi connectivity index (χ3v) is 2.99. The molecule has 76 valence electrons. The molecular weight excluding hydrogens is 182 g/mol. The van der Waals surface area contributed by atoms with Gasteiger partial charge in [0.15, 0.2) is 0 Å². The topological polar surface area (TPSA) is 23.8 Å². The molecule has 0 atom stereocenters. The highest BCUT2D eigenvalue weighted by atomic mass is 14.2. The zero-order valence-electron chi connectivity index (χ0n) is 9.09. The Balaban J connectivity index is 2.53. The van der Waals surface area contributed by atoms with Crippen LogP contribution < -0.4 is 0 Å². The molecule has 15 heavy (non-hydrogen) atoms. The molecule has 0 aromatic heterocycles. The van der Waals surface area contributed by atoms with Crippen molar-refractivity contribution in [1.29, 1.82) is 5.26 Å². The number of benzene rings is 1. The Bertz CT molecular complexity index is 435. The minimum atomic E-state index is 1.05. The van der Waals surface area contributed by atoms with E-state index >= 15 is 0 Å². The van der Waals surface area contributed by atoms with E-state index in [0.717, 1.165) is 12.8 Å². The molecule has 1 aromatic rings. The highest BCUT2D eigenvalue weighted by Crippen LogP contribution is 2.30. The van der Waals surface area contributed by atoms with Crippen LogP contribution in [-0.4, -0.2) is 0 Å². The van der Waals surface area contributed by atoms with Crippen LogP contribution >= 0.6 is 0 Å². The van der Waals surface area contributed by atoms with Crippen LogP contribution in [0.25, 0.3) is 5.57 Å². The summed E-state index contributed by atoms with van der Waals surface area (Å²) >= 11 is 0. The molecule has 0 saturated carbocycles. The number of fused-ring (bicyclic) bond motifs is 1. The van der Waals surface area contributed by atoms with E-state index in [1.165, 1.54) is 35.1 Å². The van der Waals surface area contributed by atoms with Crippen molar-refractivity contribution < 1.29 is 0 Å². The molecule has 0 N–H and O–H groups in total. The maximum Gasteiger partial charge on any atom is 0.0915 e. The van der Waals surface area contributed by atoms with Crippen LogP contribution in [-0.2, 0) is 6.42 Å². The van der Waals surface area contributed by atoms with Crippen molar-refractivity contribution in [3.05, 3.63) is 41.0 Å². The minimum absolute atomic E-state index is 1.05. The molecule has 2 rings (SSSR count). The summed E-state index contributed by atoms with van der Waals surface area (Å²) in [5.41, 5.74) is 5.20. The summed E-state index contributed by atoms with van der Waals surface area (Å²) in [6.07, 6.45) is 6.34. The van der Waals surface area contributed by atoms with E-state index in [-0.39, 0.29) is 0 Å². The molecule has 0 radical (unpaired) electrons. The second kappa shape index (κ2) is 4.31. The summed E-state index contributed by atoms with van der Waals surface area (Å²) in [6, 6.07) is 8.75. The van der Waals surface area contributed by atoms with Gasteiger partial charge in [-0.2, -0.15) is 5.26 Å². The van der Waals surface area contributed by atoms with Crippen molar-refractivity contribution in [1.82, 2.24) is 0 Å². The van der Waals surface area contributed by atoms with Crippen molar-refractivity contribution >= 4 is 5.57 Å². The molecule has 1 heteroatoms. The second-order valence-corrected chi connectivity index (χ2v) is 4.17. The first kappa shape index (κ1) is 9.98. The predicted octanol–water partition coefficient (Wildman–Crippen LogP) is 3.63. The van der Waals surface area contributed by atoms with E-state index in [4.69, 9.17) is 5.26 Å². The number of nitriles is 1. The Hall–Kier alpha value is -1.55. The first-order valence-corrected chi connectivity index (χ1v) is 5.50. The number of hydrogen-bond acceptors (Lipinski definition) is 1. The first-order valence-electron chi connectivity index (χ1n) is 5.50. The Morgan fingerprint density at radius 3 is 2.87 bits per heavy atom. The largest absolute Gasteiger partial charge is 0.193 e. The summed E-state index contributed by atoms with van der Waals surface area (Å²) in [6.45, 7) is 2.11. The lowest BCUT2D eigenvalue weighted by atomic mass is 9.96. The van der Waals surface area contributed by atoms with Gasteiger partial charge in [0.2, 0.25) is 0 Å². The van der Waals surface area contributed by atoms with Gasteiger partial charge in [-0.25, -0.2) is 0 Å². The van der Waals surface area contributed by atoms with Gasteiger partial charge in [0, 0.05) is 6.08 Å². The Labute approximate surface area is 91.0 Å². The predicted molar refractivity (Wildman–Crippen MR) is 62.3 cm³/mol. The SMILES string of the molecule is Cc1ccc2c(c1)/C(=C/C#N)CCCC2. The standard InChI is InChI=1S/C14H15N/c1-11-6-7-12-4-2-3-5-13(8-9-15)14(12)10-11/h6-8,10H,2-5H2,1H3/b13-8+. The van der Waals surface area contributed by atoms with Crippen LogP contribution in [0.1, 0.15) is 36.0 Å². The van der Waals surface area contributed by atoms with E-state index in [0.29, 0.717) is 0 Å². The average Bonchev–Trinajstić information content (AvgIpc) is 2.42. The quantitative estimate of drug-likeness (QED) is 0.460. The summed E-state index contributed by atoms with van der Waals surface area (Å²) in [4.78, 5) is 0. The lowest BCUT2D eigenvalue weighted by molar-refractivity contribution is 0.771. The zero-order chi connectivity index (χ0) is 10.7. The molecule has 0 heterocycles. The van der Waals surface area contributed by atoms with E-state index < -0.39 is 0 Å². The highest BCUT2D eigenvalue weighted by Gasteiger charge is 2.12. The van der Waals surface area contributed by atoms with Crippen molar-refractivity contribution in [3.8, 4) is 6.07 Å². The molecule has 0 unspecified atom stereocenters. The van der Waals surface area contributed by atoms with Gasteiger partial charge in [-0.05, 0) is 49.3 Å². The van der Waals surface area contributed by atoms with E-state index in [1.54, 1.807) is 6.08 Å². The highest BCUT2D eigenvalue weighted by molar-refractivity contribution is 5.71. The van der Waals surface area contributed by atoms with Crippen molar-refractivity contribution in [2.75, 3.05) is 0 Å². The van der Waals surface area contributed by atoms with Crippen LogP contribution in [0.4, 0.5) is 0 Å². The van der Waals surface area contributed by atoms with E-state index in [2.05, 4.69) is 31.2 Å². The molecule has 0 fully saturated rings. The smallest absolute Gasteiger partial charge is 0.0915 e. The molecule has 0 spiro atoms. The van der Waals surface area contributed by atoms with Crippen molar-refractivity contribution in [2.24, 2.45) is 0 Å². The fourth-order valence-corrected chi connectivity index (χ4v) is 2.20. The van der Waals surface area contributed by atoms with Crippen LogP contribution in [0.5, 0.6) is 0 Å². The van der Waals surface area contributed by atoms with Gasteiger partial charge in [0.05, 0.1) is 6.07 Å². The average molecular weight is 197 g/mol. The van der Waals surface area contributed by atoms with E-state index in [1.807, 2.05) is 0 Å². The van der Waals surface area contributed by atoms with Gasteiger partial charge in [-0.3, -0.25) is 0 Å². The minimum Gasteiger partial charge on any atom is -0.193 e. The third kappa shape index (κ3) is 2.10. The van der Waals surface area contributed by atoms with Crippen LogP contribution in [0.2, 0.25) is 0 Å². The Morgan fingerprint density at radius 1 is 1.27 bits per heavy atom. The zero-order valence-corrected chi connectivity index (χ0v) is 9.09. The van der Waals surface area contributed by atoms with Crippen LogP contribution in [0, 0.1) is 18.3 Å². The van der Waals surface area contributed by atoms with Gasteiger partial charge in [0.25, 0.3) is 0 Å². The maximum absolute atomic E-state index is 8.78. The monoisotopic (exact) mass is 197 g/mol. The second-order valence-electron chi connectivity index (χ2n) is 4.17. The molecule has 1 aromatic carbocycles. The molecular formula is C14H15N. The Morgan fingerprint density at radius 2 is 2.07 bits per heavy atom. The van der Waals surface area contributed by atoms with E-state index in [9.17, 15) is 0 Å². The molecule has 1 aliphatic carbocycles. The van der Waals surface area contributed by atoms with Gasteiger partial charge in [-0.15, -0.1) is 0 Å². The number of aryl methyl sites for hydroxylation is 2. The van der Waals surface area contributed by atoms with Gasteiger partial charge in [-0.1, -0.05) is 23.8 Å². The number of nitrogens with zero attached hydrogens (tertiary/aromatic N) is 1. The van der Waals surface area contributed by atoms with Crippen LogP contribution in [0.3, 0.4) is 0 Å². The summed E-state index contributed by atoms with van der Waals surface area (Å²) in [5, 5.41) is 8.78. The maximum atomic E-state index is 8.78. The van der Waals surface area contributed by atoms with Gasteiger partial charge in [0.1, 0.15) is 0 Å². The van der Waals surface area contributed by atoms with Gasteiger partial charge < -0.3 is 0 Å². The normalized spacial score (nSPS) is 18.0. The summed E-state index contributed by atoms with van der Waals surface area (Å²) < 4.78 is 0. The molecule has 0 aliphatic heterocycles. The third-order valence-electron chi connectivity index (χ3n) is 2.99. The Kier molecular flexibility index (Phi) is 2.87. The fraction of sp³-hybridized carbons (Fsp3) is 0.357. The molecule has 0 bridgehead atoms. The molecule has 1 nitrogen and oxygen atoms in total. The lowest BCUT2D eigenvalue weighted by Gasteiger charge is -2.08. The first-order chi connectivity index (χ1) is 7.31. The molecule has 0 amide bonds. The fourth-order valence-electron chi connectivity index (χ4n) is 2.20. The molecule has 1 aliphatic rings.